The van der Waals surface area contributed by atoms with E-state index in [4.69, 9.17) is 0 Å². The first-order valence-electron chi connectivity index (χ1n) is 8.42. The van der Waals surface area contributed by atoms with E-state index in [0.29, 0.717) is 19.6 Å². The maximum atomic E-state index is 12.2. The summed E-state index contributed by atoms with van der Waals surface area (Å²) in [6.45, 7) is 5.30. The maximum absolute atomic E-state index is 12.2. The van der Waals surface area contributed by atoms with Crippen molar-refractivity contribution in [2.45, 2.75) is 33.1 Å². The summed E-state index contributed by atoms with van der Waals surface area (Å²) in [6, 6.07) is 7.69. The summed E-state index contributed by atoms with van der Waals surface area (Å²) < 4.78 is 0. The van der Waals surface area contributed by atoms with Gasteiger partial charge in [0.05, 0.1) is 5.92 Å². The molecule has 1 aromatic rings. The van der Waals surface area contributed by atoms with Crippen molar-refractivity contribution in [3.05, 3.63) is 29.8 Å². The van der Waals surface area contributed by atoms with Gasteiger partial charge in [0.15, 0.2) is 0 Å². The fraction of sp³-hybridized carbons (Fsp3) is 0.500. The van der Waals surface area contributed by atoms with Crippen molar-refractivity contribution in [2.75, 3.05) is 24.5 Å². The third-order valence-corrected chi connectivity index (χ3v) is 4.06. The Morgan fingerprint density at radius 2 is 1.88 bits per heavy atom. The highest BCUT2D eigenvalue weighted by molar-refractivity contribution is 6.00. The summed E-state index contributed by atoms with van der Waals surface area (Å²) in [7, 11) is 0. The molecule has 3 amide bonds. The van der Waals surface area contributed by atoms with E-state index < -0.39 is 0 Å². The molecule has 130 valence electrons. The second kappa shape index (κ2) is 8.47. The van der Waals surface area contributed by atoms with Crippen LogP contribution in [-0.4, -0.2) is 37.4 Å². The number of amides is 3. The van der Waals surface area contributed by atoms with Crippen molar-refractivity contribution >= 4 is 23.4 Å². The third-order valence-electron chi connectivity index (χ3n) is 4.06. The van der Waals surface area contributed by atoms with E-state index in [0.717, 1.165) is 17.7 Å². The van der Waals surface area contributed by atoms with Crippen molar-refractivity contribution < 1.29 is 14.4 Å². The summed E-state index contributed by atoms with van der Waals surface area (Å²) >= 11 is 0. The standard InChI is InChI=1S/C18H25N3O3/c1-3-9-19-16(22)8-10-20-18(24)14-11-17(23)21(12-14)15-6-4-13(2)5-7-15/h4-7,14H,3,8-12H2,1-2H3,(H,19,22)(H,20,24). The second-order valence-corrected chi connectivity index (χ2v) is 6.13. The molecular formula is C18H25N3O3. The van der Waals surface area contributed by atoms with Crippen LogP contribution < -0.4 is 15.5 Å². The van der Waals surface area contributed by atoms with Gasteiger partial charge in [-0.3, -0.25) is 14.4 Å². The Kier molecular flexibility index (Phi) is 6.35. The third kappa shape index (κ3) is 4.81. The minimum absolute atomic E-state index is 0.0420. The lowest BCUT2D eigenvalue weighted by molar-refractivity contribution is -0.126. The molecule has 0 saturated carbocycles. The van der Waals surface area contributed by atoms with Gasteiger partial charge >= 0.3 is 0 Å². The predicted octanol–water partition coefficient (Wildman–Crippen LogP) is 1.38. The van der Waals surface area contributed by atoms with Gasteiger partial charge in [-0.15, -0.1) is 0 Å². The number of nitrogens with zero attached hydrogens (tertiary/aromatic N) is 1. The van der Waals surface area contributed by atoms with Gasteiger partial charge in [0.25, 0.3) is 0 Å². The van der Waals surface area contributed by atoms with Crippen LogP contribution >= 0.6 is 0 Å². The van der Waals surface area contributed by atoms with Gasteiger partial charge in [0.2, 0.25) is 17.7 Å². The van der Waals surface area contributed by atoms with E-state index in [-0.39, 0.29) is 36.5 Å². The topological polar surface area (TPSA) is 78.5 Å². The van der Waals surface area contributed by atoms with Crippen LogP contribution in [0.4, 0.5) is 5.69 Å². The van der Waals surface area contributed by atoms with Crippen LogP contribution in [0.15, 0.2) is 24.3 Å². The monoisotopic (exact) mass is 331 g/mol. The van der Waals surface area contributed by atoms with Crippen molar-refractivity contribution in [2.24, 2.45) is 5.92 Å². The molecule has 0 aliphatic carbocycles. The Morgan fingerprint density at radius 1 is 1.17 bits per heavy atom. The molecule has 0 radical (unpaired) electrons. The minimum atomic E-state index is -0.363. The van der Waals surface area contributed by atoms with Crippen LogP contribution in [0.2, 0.25) is 0 Å². The molecule has 6 nitrogen and oxygen atoms in total. The molecule has 1 heterocycles. The zero-order valence-electron chi connectivity index (χ0n) is 14.3. The molecule has 1 aliphatic rings. The molecule has 1 aromatic carbocycles. The van der Waals surface area contributed by atoms with Gasteiger partial charge in [-0.1, -0.05) is 24.6 Å². The fourth-order valence-electron chi connectivity index (χ4n) is 2.65. The van der Waals surface area contributed by atoms with E-state index in [2.05, 4.69) is 10.6 Å². The number of carbonyl (C=O) groups is 3. The summed E-state index contributed by atoms with van der Waals surface area (Å²) in [5, 5.41) is 5.52. The van der Waals surface area contributed by atoms with E-state index >= 15 is 0 Å². The van der Waals surface area contributed by atoms with Gasteiger partial charge in [0, 0.05) is 38.2 Å². The van der Waals surface area contributed by atoms with Gasteiger partial charge in [0.1, 0.15) is 0 Å². The number of aryl methyl sites for hydroxylation is 1. The summed E-state index contributed by atoms with van der Waals surface area (Å²) in [6.07, 6.45) is 1.35. The van der Waals surface area contributed by atoms with Gasteiger partial charge in [-0.25, -0.2) is 0 Å². The lowest BCUT2D eigenvalue weighted by atomic mass is 10.1. The van der Waals surface area contributed by atoms with E-state index in [1.54, 1.807) is 4.90 Å². The normalized spacial score (nSPS) is 17.0. The smallest absolute Gasteiger partial charge is 0.227 e. The number of hydrogen-bond donors (Lipinski definition) is 2. The molecular weight excluding hydrogens is 306 g/mol. The lowest BCUT2D eigenvalue weighted by Crippen LogP contribution is -2.35. The minimum Gasteiger partial charge on any atom is -0.356 e. The van der Waals surface area contributed by atoms with Crippen LogP contribution in [0.5, 0.6) is 0 Å². The average Bonchev–Trinajstić information content (AvgIpc) is 2.95. The molecule has 2 N–H and O–H groups in total. The highest BCUT2D eigenvalue weighted by atomic mass is 16.2. The quantitative estimate of drug-likeness (QED) is 0.792. The summed E-state index contributed by atoms with van der Waals surface area (Å²) in [5.41, 5.74) is 1.95. The number of hydrogen-bond acceptors (Lipinski definition) is 3. The van der Waals surface area contributed by atoms with Crippen molar-refractivity contribution in [1.82, 2.24) is 10.6 Å². The van der Waals surface area contributed by atoms with Crippen molar-refractivity contribution in [3.63, 3.8) is 0 Å². The Balaban J connectivity index is 1.81. The Bertz CT molecular complexity index is 598. The van der Waals surface area contributed by atoms with Gasteiger partial charge in [-0.05, 0) is 25.5 Å². The Morgan fingerprint density at radius 3 is 2.54 bits per heavy atom. The van der Waals surface area contributed by atoms with Crippen LogP contribution in [0.3, 0.4) is 0 Å². The second-order valence-electron chi connectivity index (χ2n) is 6.13. The first kappa shape index (κ1) is 18.0. The molecule has 6 heteroatoms. The van der Waals surface area contributed by atoms with Crippen LogP contribution in [0, 0.1) is 12.8 Å². The SMILES string of the molecule is CCCNC(=O)CCNC(=O)C1CC(=O)N(c2ccc(C)cc2)C1. The number of nitrogens with one attached hydrogen (secondary N) is 2. The lowest BCUT2D eigenvalue weighted by Gasteiger charge is -2.17. The molecule has 1 saturated heterocycles. The molecule has 0 bridgehead atoms. The molecule has 0 aromatic heterocycles. The summed E-state index contributed by atoms with van der Waals surface area (Å²) in [5.74, 6) is -0.639. The fourth-order valence-corrected chi connectivity index (χ4v) is 2.65. The number of carbonyl (C=O) groups excluding carboxylic acids is 3. The molecule has 1 atom stereocenters. The molecule has 24 heavy (non-hydrogen) atoms. The van der Waals surface area contributed by atoms with Crippen molar-refractivity contribution in [3.8, 4) is 0 Å². The molecule has 2 rings (SSSR count). The van der Waals surface area contributed by atoms with Crippen molar-refractivity contribution in [1.29, 1.82) is 0 Å². The largest absolute Gasteiger partial charge is 0.356 e. The van der Waals surface area contributed by atoms with Crippen LogP contribution in [-0.2, 0) is 14.4 Å². The first-order chi connectivity index (χ1) is 11.5. The van der Waals surface area contributed by atoms with E-state index in [1.165, 1.54) is 0 Å². The van der Waals surface area contributed by atoms with Crippen LogP contribution in [0.25, 0.3) is 0 Å². The van der Waals surface area contributed by atoms with Crippen LogP contribution in [0.1, 0.15) is 31.7 Å². The zero-order valence-corrected chi connectivity index (χ0v) is 14.3. The Labute approximate surface area is 142 Å². The first-order valence-corrected chi connectivity index (χ1v) is 8.42. The molecule has 1 fully saturated rings. The highest BCUT2D eigenvalue weighted by Crippen LogP contribution is 2.25. The number of benzene rings is 1. The molecule has 1 aliphatic heterocycles. The molecule has 1 unspecified atom stereocenters. The molecule has 0 spiro atoms. The average molecular weight is 331 g/mol. The van der Waals surface area contributed by atoms with E-state index in [1.807, 2.05) is 38.1 Å². The Hall–Kier alpha value is -2.37. The van der Waals surface area contributed by atoms with E-state index in [9.17, 15) is 14.4 Å². The van der Waals surface area contributed by atoms with Gasteiger partial charge in [-0.2, -0.15) is 0 Å². The number of rotatable bonds is 7. The highest BCUT2D eigenvalue weighted by Gasteiger charge is 2.34. The zero-order chi connectivity index (χ0) is 17.5. The number of anilines is 1. The van der Waals surface area contributed by atoms with Gasteiger partial charge < -0.3 is 15.5 Å². The summed E-state index contributed by atoms with van der Waals surface area (Å²) in [4.78, 5) is 37.5. The maximum Gasteiger partial charge on any atom is 0.227 e. The predicted molar refractivity (Wildman–Crippen MR) is 92.6 cm³/mol.